The molecule has 3 atom stereocenters. The third-order valence-electron chi connectivity index (χ3n) is 3.01. The maximum absolute atomic E-state index is 2.98. The Bertz CT molecular complexity index is 156. The van der Waals surface area contributed by atoms with Gasteiger partial charge >= 0.3 is 0 Å². The molecule has 1 heterocycles. The van der Waals surface area contributed by atoms with Crippen LogP contribution in [0.4, 0.5) is 0 Å². The highest BCUT2D eigenvalue weighted by Crippen LogP contribution is 2.38. The van der Waals surface area contributed by atoms with Crippen molar-refractivity contribution in [2.45, 2.75) is 39.4 Å². The van der Waals surface area contributed by atoms with Gasteiger partial charge in [-0.05, 0) is 24.8 Å². The lowest BCUT2D eigenvalue weighted by atomic mass is 9.77. The molecule has 0 aromatic carbocycles. The fourth-order valence-electron chi connectivity index (χ4n) is 2.42. The number of hydrogen-bond acceptors (Lipinski definition) is 1. The molecule has 0 saturated carbocycles. The molecule has 1 saturated heterocycles. The molecule has 0 radical (unpaired) electrons. The molecule has 1 fully saturated rings. The minimum Gasteiger partial charge on any atom is -0.299 e. The molecule has 0 spiro atoms. The van der Waals surface area contributed by atoms with Crippen LogP contribution in [0.1, 0.15) is 33.6 Å². The normalized spacial score (nSPS) is 36.8. The van der Waals surface area contributed by atoms with Crippen molar-refractivity contribution in [1.29, 1.82) is 0 Å². The zero-order valence-electron chi connectivity index (χ0n) is 8.80. The van der Waals surface area contributed by atoms with Gasteiger partial charge in [-0.1, -0.05) is 27.2 Å². The van der Waals surface area contributed by atoms with Gasteiger partial charge in [0.1, 0.15) is 0 Å². The Hall–Kier alpha value is 0.390. The standard InChI is InChI=1S/C10H22NP/c1-5-8-6-10(2,3)7-11(4)9(8)12/h8-9H,5-7,12H2,1-4H3. The van der Waals surface area contributed by atoms with Crippen LogP contribution in [0.5, 0.6) is 0 Å². The second kappa shape index (κ2) is 3.64. The van der Waals surface area contributed by atoms with Gasteiger partial charge in [0.05, 0.1) is 0 Å². The summed E-state index contributed by atoms with van der Waals surface area (Å²) in [5.41, 5.74) is 0.516. The monoisotopic (exact) mass is 187 g/mol. The summed E-state index contributed by atoms with van der Waals surface area (Å²) in [5, 5.41) is 0. The molecule has 1 aliphatic heterocycles. The van der Waals surface area contributed by atoms with Gasteiger partial charge in [0.15, 0.2) is 0 Å². The Morgan fingerprint density at radius 3 is 2.58 bits per heavy atom. The zero-order chi connectivity index (χ0) is 9.35. The van der Waals surface area contributed by atoms with Crippen LogP contribution in [-0.2, 0) is 0 Å². The highest BCUT2D eigenvalue weighted by atomic mass is 31.0. The van der Waals surface area contributed by atoms with Gasteiger partial charge in [0, 0.05) is 12.3 Å². The van der Waals surface area contributed by atoms with E-state index in [4.69, 9.17) is 0 Å². The lowest BCUT2D eigenvalue weighted by Gasteiger charge is -2.45. The lowest BCUT2D eigenvalue weighted by Crippen LogP contribution is -2.46. The van der Waals surface area contributed by atoms with Gasteiger partial charge in [0.2, 0.25) is 0 Å². The predicted molar refractivity (Wildman–Crippen MR) is 58.3 cm³/mol. The van der Waals surface area contributed by atoms with Crippen molar-refractivity contribution in [1.82, 2.24) is 4.90 Å². The van der Waals surface area contributed by atoms with Crippen LogP contribution in [0.2, 0.25) is 0 Å². The van der Waals surface area contributed by atoms with E-state index >= 15 is 0 Å². The molecule has 0 bridgehead atoms. The average molecular weight is 187 g/mol. The molecule has 1 nitrogen and oxygen atoms in total. The number of rotatable bonds is 1. The summed E-state index contributed by atoms with van der Waals surface area (Å²) in [7, 11) is 5.22. The van der Waals surface area contributed by atoms with Gasteiger partial charge in [0.25, 0.3) is 0 Å². The van der Waals surface area contributed by atoms with Crippen LogP contribution >= 0.6 is 9.24 Å². The summed E-state index contributed by atoms with van der Waals surface area (Å²) in [6, 6.07) is 0. The van der Waals surface area contributed by atoms with Gasteiger partial charge in [-0.15, -0.1) is 9.24 Å². The van der Waals surface area contributed by atoms with Crippen LogP contribution < -0.4 is 0 Å². The summed E-state index contributed by atoms with van der Waals surface area (Å²) >= 11 is 0. The third-order valence-corrected chi connectivity index (χ3v) is 4.06. The Morgan fingerprint density at radius 2 is 2.08 bits per heavy atom. The van der Waals surface area contributed by atoms with E-state index in [0.717, 1.165) is 5.92 Å². The van der Waals surface area contributed by atoms with Crippen molar-refractivity contribution in [3.05, 3.63) is 0 Å². The molecule has 0 aliphatic carbocycles. The van der Waals surface area contributed by atoms with Crippen molar-refractivity contribution >= 4 is 9.24 Å². The first-order chi connectivity index (χ1) is 5.46. The number of likely N-dealkylation sites (tertiary alicyclic amines) is 1. The van der Waals surface area contributed by atoms with Gasteiger partial charge in [-0.2, -0.15) is 0 Å². The molecule has 0 aromatic heterocycles. The minimum atomic E-state index is 0.516. The fraction of sp³-hybridized carbons (Fsp3) is 1.00. The van der Waals surface area contributed by atoms with Crippen LogP contribution in [-0.4, -0.2) is 24.3 Å². The molecular formula is C10H22NP. The highest BCUT2D eigenvalue weighted by Gasteiger charge is 2.34. The first kappa shape index (κ1) is 10.5. The Labute approximate surface area is 79.1 Å². The van der Waals surface area contributed by atoms with E-state index in [1.54, 1.807) is 0 Å². The number of hydrogen-bond donors (Lipinski definition) is 0. The van der Waals surface area contributed by atoms with E-state index in [2.05, 4.69) is 42.0 Å². The smallest absolute Gasteiger partial charge is 0.0264 e. The topological polar surface area (TPSA) is 3.24 Å². The van der Waals surface area contributed by atoms with Crippen LogP contribution in [0, 0.1) is 11.3 Å². The predicted octanol–water partition coefficient (Wildman–Crippen LogP) is 2.58. The Balaban J connectivity index is 2.65. The molecular weight excluding hydrogens is 165 g/mol. The third kappa shape index (κ3) is 2.20. The molecule has 1 aliphatic rings. The summed E-state index contributed by atoms with van der Waals surface area (Å²) < 4.78 is 0. The number of piperidine rings is 1. The van der Waals surface area contributed by atoms with Crippen LogP contribution in [0.3, 0.4) is 0 Å². The maximum Gasteiger partial charge on any atom is 0.0264 e. The minimum absolute atomic E-state index is 0.516. The summed E-state index contributed by atoms with van der Waals surface area (Å²) in [4.78, 5) is 2.47. The van der Waals surface area contributed by atoms with E-state index in [1.807, 2.05) is 0 Å². The number of nitrogens with zero attached hydrogens (tertiary/aromatic N) is 1. The van der Waals surface area contributed by atoms with E-state index in [-0.39, 0.29) is 0 Å². The summed E-state index contributed by atoms with van der Waals surface area (Å²) in [5.74, 6) is 1.56. The SMILES string of the molecule is CCC1CC(C)(C)CN(C)C1P. The average Bonchev–Trinajstić information content (AvgIpc) is 1.96. The molecule has 72 valence electrons. The van der Waals surface area contributed by atoms with E-state index in [1.165, 1.54) is 19.4 Å². The van der Waals surface area contributed by atoms with Crippen LogP contribution in [0.15, 0.2) is 0 Å². The molecule has 3 unspecified atom stereocenters. The van der Waals surface area contributed by atoms with Crippen molar-refractivity contribution in [3.8, 4) is 0 Å². The molecule has 0 aromatic rings. The molecule has 12 heavy (non-hydrogen) atoms. The highest BCUT2D eigenvalue weighted by molar-refractivity contribution is 7.17. The second-order valence-electron chi connectivity index (χ2n) is 4.94. The van der Waals surface area contributed by atoms with Gasteiger partial charge < -0.3 is 0 Å². The van der Waals surface area contributed by atoms with E-state index in [0.29, 0.717) is 11.2 Å². The largest absolute Gasteiger partial charge is 0.299 e. The molecule has 2 heteroatoms. The van der Waals surface area contributed by atoms with Crippen molar-refractivity contribution in [2.24, 2.45) is 11.3 Å². The van der Waals surface area contributed by atoms with E-state index in [9.17, 15) is 0 Å². The quantitative estimate of drug-likeness (QED) is 0.570. The van der Waals surface area contributed by atoms with E-state index < -0.39 is 0 Å². The Morgan fingerprint density at radius 1 is 1.50 bits per heavy atom. The van der Waals surface area contributed by atoms with Crippen LogP contribution in [0.25, 0.3) is 0 Å². The van der Waals surface area contributed by atoms with Crippen molar-refractivity contribution in [2.75, 3.05) is 13.6 Å². The fourth-order valence-corrected chi connectivity index (χ4v) is 2.94. The maximum atomic E-state index is 2.98. The molecule has 0 N–H and O–H groups in total. The zero-order valence-corrected chi connectivity index (χ0v) is 9.96. The van der Waals surface area contributed by atoms with Crippen molar-refractivity contribution in [3.63, 3.8) is 0 Å². The first-order valence-corrected chi connectivity index (χ1v) is 5.59. The first-order valence-electron chi connectivity index (χ1n) is 4.92. The summed E-state index contributed by atoms with van der Waals surface area (Å²) in [6.07, 6.45) is 2.68. The second-order valence-corrected chi connectivity index (χ2v) is 5.63. The Kier molecular flexibility index (Phi) is 3.17. The van der Waals surface area contributed by atoms with Gasteiger partial charge in [-0.25, -0.2) is 0 Å². The molecule has 0 amide bonds. The lowest BCUT2D eigenvalue weighted by molar-refractivity contribution is 0.0743. The summed E-state index contributed by atoms with van der Waals surface area (Å²) in [6.45, 7) is 8.29. The molecule has 1 rings (SSSR count). The van der Waals surface area contributed by atoms with Gasteiger partial charge in [-0.3, -0.25) is 4.90 Å². The van der Waals surface area contributed by atoms with Crippen molar-refractivity contribution < 1.29 is 0 Å².